The number of amides is 2. The normalized spacial score (nSPS) is 16.4. The Labute approximate surface area is 176 Å². The van der Waals surface area contributed by atoms with Crippen LogP contribution >= 0.6 is 11.6 Å². The lowest BCUT2D eigenvalue weighted by Gasteiger charge is -2.38. The second-order valence-corrected chi connectivity index (χ2v) is 7.85. The van der Waals surface area contributed by atoms with Crippen molar-refractivity contribution in [2.75, 3.05) is 39.8 Å². The number of benzene rings is 1. The quantitative estimate of drug-likeness (QED) is 0.697. The molecule has 156 valence electrons. The number of hydrogen-bond acceptors (Lipinski definition) is 4. The summed E-state index contributed by atoms with van der Waals surface area (Å²) in [7, 11) is 4.11. The fourth-order valence-corrected chi connectivity index (χ4v) is 3.64. The number of likely N-dealkylation sites (N-methyl/N-ethyl adjacent to an activating group) is 1. The van der Waals surface area contributed by atoms with Crippen molar-refractivity contribution in [3.05, 3.63) is 58.9 Å². The van der Waals surface area contributed by atoms with Crippen molar-refractivity contribution in [2.45, 2.75) is 12.6 Å². The summed E-state index contributed by atoms with van der Waals surface area (Å²) in [5.41, 5.74) is 2.01. The third-order valence-electron chi connectivity index (χ3n) is 5.33. The zero-order valence-corrected chi connectivity index (χ0v) is 17.7. The van der Waals surface area contributed by atoms with Crippen LogP contribution in [0.1, 0.15) is 17.3 Å². The standard InChI is InChI=1S/C21H28ClN5O2/c1-25-10-12-27(13-11-25)19(18-4-3-9-26(18)2)15-24-21(29)20(28)23-14-16-5-7-17(22)8-6-16/h3-9,19H,10-15H2,1-2H3,(H,23,28)(H,24,29)/t19-/m1/s1. The molecule has 2 N–H and O–H groups in total. The molecule has 2 amide bonds. The second kappa shape index (κ2) is 9.91. The van der Waals surface area contributed by atoms with Crippen LogP contribution in [0, 0.1) is 0 Å². The monoisotopic (exact) mass is 417 g/mol. The molecule has 8 heteroatoms. The summed E-state index contributed by atoms with van der Waals surface area (Å²) in [6.07, 6.45) is 2.00. The number of hydrogen-bond donors (Lipinski definition) is 2. The van der Waals surface area contributed by atoms with Gasteiger partial charge in [0.25, 0.3) is 0 Å². The Morgan fingerprint density at radius 3 is 2.28 bits per heavy atom. The molecule has 1 fully saturated rings. The lowest BCUT2D eigenvalue weighted by atomic mass is 10.1. The van der Waals surface area contributed by atoms with Gasteiger partial charge in [0.15, 0.2) is 0 Å². The highest BCUT2D eigenvalue weighted by molar-refractivity contribution is 6.35. The van der Waals surface area contributed by atoms with Crippen LogP contribution < -0.4 is 10.6 Å². The molecule has 0 radical (unpaired) electrons. The second-order valence-electron chi connectivity index (χ2n) is 7.42. The van der Waals surface area contributed by atoms with Gasteiger partial charge in [-0.15, -0.1) is 0 Å². The van der Waals surface area contributed by atoms with Crippen LogP contribution in [0.3, 0.4) is 0 Å². The van der Waals surface area contributed by atoms with Gasteiger partial charge in [0.1, 0.15) is 0 Å². The van der Waals surface area contributed by atoms with Crippen molar-refractivity contribution in [2.24, 2.45) is 7.05 Å². The van der Waals surface area contributed by atoms with E-state index in [2.05, 4.69) is 38.1 Å². The van der Waals surface area contributed by atoms with E-state index in [1.165, 1.54) is 0 Å². The molecule has 1 aromatic carbocycles. The van der Waals surface area contributed by atoms with E-state index >= 15 is 0 Å². The van der Waals surface area contributed by atoms with E-state index in [-0.39, 0.29) is 12.6 Å². The molecule has 0 saturated carbocycles. The molecule has 0 unspecified atom stereocenters. The van der Waals surface area contributed by atoms with E-state index in [1.54, 1.807) is 12.1 Å². The summed E-state index contributed by atoms with van der Waals surface area (Å²) in [4.78, 5) is 29.2. The number of halogens is 1. The fraction of sp³-hybridized carbons (Fsp3) is 0.429. The zero-order chi connectivity index (χ0) is 20.8. The SMILES string of the molecule is CN1CCN([C@H](CNC(=O)C(=O)NCc2ccc(Cl)cc2)c2cccn2C)CC1. The molecule has 1 aromatic heterocycles. The molecule has 0 spiro atoms. The number of aryl methyl sites for hydroxylation is 1. The van der Waals surface area contributed by atoms with Crippen molar-refractivity contribution >= 4 is 23.4 Å². The average Bonchev–Trinajstić information content (AvgIpc) is 3.14. The molecule has 2 aromatic rings. The van der Waals surface area contributed by atoms with Crippen LogP contribution in [-0.2, 0) is 23.2 Å². The maximum atomic E-state index is 12.3. The predicted molar refractivity (Wildman–Crippen MR) is 114 cm³/mol. The molecule has 2 heterocycles. The van der Waals surface area contributed by atoms with E-state index < -0.39 is 11.8 Å². The van der Waals surface area contributed by atoms with Crippen molar-refractivity contribution in [1.29, 1.82) is 0 Å². The highest BCUT2D eigenvalue weighted by Crippen LogP contribution is 2.21. The summed E-state index contributed by atoms with van der Waals surface area (Å²) in [6, 6.07) is 11.2. The number of aromatic nitrogens is 1. The van der Waals surface area contributed by atoms with Gasteiger partial charge in [-0.2, -0.15) is 0 Å². The lowest BCUT2D eigenvalue weighted by Crippen LogP contribution is -2.50. The Bertz CT molecular complexity index is 828. The van der Waals surface area contributed by atoms with Crippen LogP contribution in [0.15, 0.2) is 42.6 Å². The van der Waals surface area contributed by atoms with Gasteiger partial charge < -0.3 is 20.1 Å². The largest absolute Gasteiger partial charge is 0.353 e. The van der Waals surface area contributed by atoms with Crippen molar-refractivity contribution in [3.63, 3.8) is 0 Å². The van der Waals surface area contributed by atoms with Gasteiger partial charge in [-0.1, -0.05) is 23.7 Å². The van der Waals surface area contributed by atoms with Gasteiger partial charge in [-0.25, -0.2) is 0 Å². The van der Waals surface area contributed by atoms with E-state index in [1.807, 2.05) is 31.4 Å². The molecule has 3 rings (SSSR count). The molecular formula is C21H28ClN5O2. The smallest absolute Gasteiger partial charge is 0.309 e. The van der Waals surface area contributed by atoms with Crippen LogP contribution in [0.25, 0.3) is 0 Å². The number of nitrogens with one attached hydrogen (secondary N) is 2. The first-order valence-electron chi connectivity index (χ1n) is 9.78. The summed E-state index contributed by atoms with van der Waals surface area (Å²) in [5, 5.41) is 6.10. The first-order chi connectivity index (χ1) is 13.9. The Hall–Kier alpha value is -2.35. The van der Waals surface area contributed by atoms with E-state index in [0.29, 0.717) is 11.6 Å². The third kappa shape index (κ3) is 5.82. The number of rotatable bonds is 6. The summed E-state index contributed by atoms with van der Waals surface area (Å²) in [6.45, 7) is 4.47. The fourth-order valence-electron chi connectivity index (χ4n) is 3.51. The number of carbonyl (C=O) groups is 2. The first kappa shape index (κ1) is 21.4. The van der Waals surface area contributed by atoms with Crippen molar-refractivity contribution in [1.82, 2.24) is 25.0 Å². The van der Waals surface area contributed by atoms with E-state index in [0.717, 1.165) is 37.4 Å². The maximum Gasteiger partial charge on any atom is 0.309 e. The van der Waals surface area contributed by atoms with Gasteiger partial charge >= 0.3 is 11.8 Å². The van der Waals surface area contributed by atoms with Gasteiger partial charge in [0.2, 0.25) is 0 Å². The number of carbonyl (C=O) groups excluding carboxylic acids is 2. The number of nitrogens with zero attached hydrogens (tertiary/aromatic N) is 3. The Kier molecular flexibility index (Phi) is 7.30. The topological polar surface area (TPSA) is 69.6 Å². The average molecular weight is 418 g/mol. The summed E-state index contributed by atoms with van der Waals surface area (Å²) >= 11 is 5.86. The molecule has 0 bridgehead atoms. The van der Waals surface area contributed by atoms with Crippen LogP contribution in [0.4, 0.5) is 0 Å². The van der Waals surface area contributed by atoms with Gasteiger partial charge in [-0.05, 0) is 36.9 Å². The maximum absolute atomic E-state index is 12.3. The van der Waals surface area contributed by atoms with E-state index in [4.69, 9.17) is 11.6 Å². The van der Waals surface area contributed by atoms with Crippen LogP contribution in [-0.4, -0.2) is 66.0 Å². The molecule has 1 aliphatic heterocycles. The van der Waals surface area contributed by atoms with Crippen molar-refractivity contribution in [3.8, 4) is 0 Å². The highest BCUT2D eigenvalue weighted by atomic mass is 35.5. The Morgan fingerprint density at radius 2 is 1.66 bits per heavy atom. The molecular weight excluding hydrogens is 390 g/mol. The molecule has 1 saturated heterocycles. The minimum atomic E-state index is -0.635. The molecule has 1 aliphatic rings. The minimum absolute atomic E-state index is 0.0247. The zero-order valence-electron chi connectivity index (χ0n) is 16.9. The Morgan fingerprint density at radius 1 is 1.00 bits per heavy atom. The predicted octanol–water partition coefficient (Wildman–Crippen LogP) is 1.40. The van der Waals surface area contributed by atoms with Crippen LogP contribution in [0.2, 0.25) is 5.02 Å². The molecule has 29 heavy (non-hydrogen) atoms. The Balaban J connectivity index is 1.56. The first-order valence-corrected chi connectivity index (χ1v) is 10.2. The lowest BCUT2D eigenvalue weighted by molar-refractivity contribution is -0.139. The van der Waals surface area contributed by atoms with Gasteiger partial charge in [0.05, 0.1) is 6.04 Å². The molecule has 0 aliphatic carbocycles. The highest BCUT2D eigenvalue weighted by Gasteiger charge is 2.26. The molecule has 7 nitrogen and oxygen atoms in total. The van der Waals surface area contributed by atoms with E-state index in [9.17, 15) is 9.59 Å². The minimum Gasteiger partial charge on any atom is -0.353 e. The number of piperazine rings is 1. The van der Waals surface area contributed by atoms with Crippen LogP contribution in [0.5, 0.6) is 0 Å². The summed E-state index contributed by atoms with van der Waals surface area (Å²) in [5.74, 6) is -1.25. The summed E-state index contributed by atoms with van der Waals surface area (Å²) < 4.78 is 2.07. The molecule has 1 atom stereocenters. The van der Waals surface area contributed by atoms with Gasteiger partial charge in [-0.3, -0.25) is 14.5 Å². The van der Waals surface area contributed by atoms with Gasteiger partial charge in [0, 0.05) is 63.2 Å². The van der Waals surface area contributed by atoms with Crippen molar-refractivity contribution < 1.29 is 9.59 Å². The third-order valence-corrected chi connectivity index (χ3v) is 5.58.